The summed E-state index contributed by atoms with van der Waals surface area (Å²) >= 11 is 5.92. The highest BCUT2D eigenvalue weighted by molar-refractivity contribution is 6.29. The lowest BCUT2D eigenvalue weighted by molar-refractivity contribution is 0.473. The fourth-order valence-electron chi connectivity index (χ4n) is 1.94. The zero-order valence-corrected chi connectivity index (χ0v) is 13.4. The number of nitrogens with zero attached hydrogens (tertiary/aromatic N) is 1. The van der Waals surface area contributed by atoms with Crippen LogP contribution in [-0.2, 0) is 5.41 Å². The summed E-state index contributed by atoms with van der Waals surface area (Å²) in [4.78, 5) is 4.04. The van der Waals surface area contributed by atoms with Gasteiger partial charge in [-0.1, -0.05) is 44.5 Å². The molecule has 0 bridgehead atoms. The average molecular weight is 290 g/mol. The second kappa shape index (κ2) is 5.45. The third kappa shape index (κ3) is 3.31. The van der Waals surface area contributed by atoms with Gasteiger partial charge in [0.25, 0.3) is 0 Å². The number of aryl methyl sites for hydroxylation is 2. The summed E-state index contributed by atoms with van der Waals surface area (Å²) in [5.41, 5.74) is 3.52. The first-order valence-electron chi connectivity index (χ1n) is 6.68. The Balaban J connectivity index is 2.33. The molecule has 0 fully saturated rings. The Bertz CT molecular complexity index is 629. The van der Waals surface area contributed by atoms with Crippen LogP contribution in [0.5, 0.6) is 11.5 Å². The van der Waals surface area contributed by atoms with Crippen LogP contribution in [0.25, 0.3) is 0 Å². The summed E-state index contributed by atoms with van der Waals surface area (Å²) in [5.74, 6) is 1.60. The molecule has 0 aliphatic heterocycles. The molecule has 106 valence electrons. The number of hydrogen-bond acceptors (Lipinski definition) is 2. The van der Waals surface area contributed by atoms with Crippen LogP contribution in [0.4, 0.5) is 0 Å². The minimum Gasteiger partial charge on any atom is -0.457 e. The largest absolute Gasteiger partial charge is 0.457 e. The lowest BCUT2D eigenvalue weighted by atomic mass is 9.86. The van der Waals surface area contributed by atoms with Crippen molar-refractivity contribution < 1.29 is 4.74 Å². The van der Waals surface area contributed by atoms with Gasteiger partial charge in [-0.15, -0.1) is 0 Å². The maximum absolute atomic E-state index is 5.96. The first kappa shape index (κ1) is 14.9. The Morgan fingerprint density at radius 1 is 1.00 bits per heavy atom. The van der Waals surface area contributed by atoms with Crippen LogP contribution in [0.2, 0.25) is 5.15 Å². The van der Waals surface area contributed by atoms with Crippen molar-refractivity contribution in [2.24, 2.45) is 0 Å². The highest BCUT2D eigenvalue weighted by Crippen LogP contribution is 2.32. The van der Waals surface area contributed by atoms with E-state index in [4.69, 9.17) is 16.3 Å². The van der Waals surface area contributed by atoms with Gasteiger partial charge in [0.1, 0.15) is 16.7 Å². The second-order valence-corrected chi connectivity index (χ2v) is 6.49. The van der Waals surface area contributed by atoms with E-state index < -0.39 is 0 Å². The molecule has 0 N–H and O–H groups in total. The topological polar surface area (TPSA) is 22.1 Å². The summed E-state index contributed by atoms with van der Waals surface area (Å²) in [5, 5.41) is 0.439. The summed E-state index contributed by atoms with van der Waals surface area (Å²) in [6.45, 7) is 10.6. The number of benzene rings is 1. The van der Waals surface area contributed by atoms with Crippen molar-refractivity contribution in [1.82, 2.24) is 4.98 Å². The van der Waals surface area contributed by atoms with Gasteiger partial charge in [-0.25, -0.2) is 4.98 Å². The van der Waals surface area contributed by atoms with Crippen molar-refractivity contribution in [2.45, 2.75) is 40.0 Å². The summed E-state index contributed by atoms with van der Waals surface area (Å²) in [6.07, 6.45) is 1.72. The van der Waals surface area contributed by atoms with Crippen molar-refractivity contribution in [3.05, 3.63) is 52.3 Å². The number of halogens is 1. The van der Waals surface area contributed by atoms with Crippen molar-refractivity contribution in [2.75, 3.05) is 0 Å². The van der Waals surface area contributed by atoms with E-state index >= 15 is 0 Å². The van der Waals surface area contributed by atoms with Gasteiger partial charge in [0.15, 0.2) is 0 Å². The molecule has 2 aromatic rings. The molecule has 0 atom stereocenters. The summed E-state index contributed by atoms with van der Waals surface area (Å²) in [7, 11) is 0. The minimum atomic E-state index is 0.138. The van der Waals surface area contributed by atoms with E-state index in [2.05, 4.69) is 44.8 Å². The molecule has 1 aromatic carbocycles. The highest BCUT2D eigenvalue weighted by Gasteiger charge is 2.15. The van der Waals surface area contributed by atoms with Crippen LogP contribution in [0.15, 0.2) is 30.5 Å². The van der Waals surface area contributed by atoms with E-state index in [1.165, 1.54) is 5.56 Å². The molecule has 3 heteroatoms. The van der Waals surface area contributed by atoms with Gasteiger partial charge in [-0.2, -0.15) is 0 Å². The molecular weight excluding hydrogens is 270 g/mol. The van der Waals surface area contributed by atoms with Crippen LogP contribution >= 0.6 is 11.6 Å². The van der Waals surface area contributed by atoms with Gasteiger partial charge in [-0.05, 0) is 36.5 Å². The first-order valence-corrected chi connectivity index (χ1v) is 7.06. The Kier molecular flexibility index (Phi) is 4.05. The maximum atomic E-state index is 5.96. The molecule has 2 rings (SSSR count). The van der Waals surface area contributed by atoms with Crippen LogP contribution in [0.1, 0.15) is 37.5 Å². The van der Waals surface area contributed by atoms with Crippen molar-refractivity contribution in [3.8, 4) is 11.5 Å². The van der Waals surface area contributed by atoms with Crippen LogP contribution in [-0.4, -0.2) is 4.98 Å². The Hall–Kier alpha value is -1.54. The molecule has 0 aliphatic carbocycles. The maximum Gasteiger partial charge on any atom is 0.134 e. The monoisotopic (exact) mass is 289 g/mol. The molecule has 0 spiro atoms. The molecule has 0 radical (unpaired) electrons. The number of rotatable bonds is 2. The number of ether oxygens (including phenoxy) is 1. The molecule has 0 saturated carbocycles. The fourth-order valence-corrected chi connectivity index (χ4v) is 2.09. The summed E-state index contributed by atoms with van der Waals surface area (Å²) in [6, 6.07) is 8.05. The zero-order chi connectivity index (χ0) is 14.9. The van der Waals surface area contributed by atoms with Crippen molar-refractivity contribution in [3.63, 3.8) is 0 Å². The molecule has 1 heterocycles. The van der Waals surface area contributed by atoms with Gasteiger partial charge in [0, 0.05) is 17.8 Å². The van der Waals surface area contributed by atoms with Gasteiger partial charge in [0.05, 0.1) is 0 Å². The Morgan fingerprint density at radius 3 is 2.30 bits per heavy atom. The molecule has 0 unspecified atom stereocenters. The third-order valence-electron chi connectivity index (χ3n) is 3.28. The third-order valence-corrected chi connectivity index (χ3v) is 3.49. The van der Waals surface area contributed by atoms with Crippen molar-refractivity contribution >= 4 is 11.6 Å². The molecule has 0 saturated heterocycles. The molecule has 1 aromatic heterocycles. The minimum absolute atomic E-state index is 0.138. The van der Waals surface area contributed by atoms with Gasteiger partial charge >= 0.3 is 0 Å². The molecule has 2 nitrogen and oxygen atoms in total. The van der Waals surface area contributed by atoms with E-state index in [9.17, 15) is 0 Å². The highest BCUT2D eigenvalue weighted by atomic mass is 35.5. The van der Waals surface area contributed by atoms with Gasteiger partial charge in [0.2, 0.25) is 0 Å². The van der Waals surface area contributed by atoms with E-state index in [0.29, 0.717) is 5.15 Å². The lowest BCUT2D eigenvalue weighted by Gasteiger charge is -2.20. The molecule has 20 heavy (non-hydrogen) atoms. The van der Waals surface area contributed by atoms with Crippen LogP contribution < -0.4 is 4.74 Å². The predicted molar refractivity (Wildman–Crippen MR) is 83.9 cm³/mol. The van der Waals surface area contributed by atoms with Gasteiger partial charge in [-0.3, -0.25) is 0 Å². The molecular formula is C17H20ClNO. The Labute approximate surface area is 125 Å². The average Bonchev–Trinajstić information content (AvgIpc) is 2.35. The van der Waals surface area contributed by atoms with Crippen LogP contribution in [0, 0.1) is 13.8 Å². The predicted octanol–water partition coefficient (Wildman–Crippen LogP) is 5.44. The lowest BCUT2D eigenvalue weighted by Crippen LogP contribution is -2.11. The fraction of sp³-hybridized carbons (Fsp3) is 0.353. The number of aromatic nitrogens is 1. The normalized spacial score (nSPS) is 11.5. The quantitative estimate of drug-likeness (QED) is 0.687. The van der Waals surface area contributed by atoms with E-state index in [1.807, 2.05) is 13.0 Å². The van der Waals surface area contributed by atoms with Crippen molar-refractivity contribution in [1.29, 1.82) is 0 Å². The number of pyridine rings is 1. The molecule has 0 amide bonds. The number of hydrogen-bond donors (Lipinski definition) is 0. The smallest absolute Gasteiger partial charge is 0.134 e. The second-order valence-electron chi connectivity index (χ2n) is 6.10. The van der Waals surface area contributed by atoms with E-state index in [1.54, 1.807) is 12.3 Å². The zero-order valence-electron chi connectivity index (χ0n) is 12.6. The first-order chi connectivity index (χ1) is 9.27. The van der Waals surface area contributed by atoms with E-state index in [0.717, 1.165) is 22.6 Å². The molecule has 0 aliphatic rings. The van der Waals surface area contributed by atoms with Crippen LogP contribution in [0.3, 0.4) is 0 Å². The SMILES string of the molecule is Cc1cc(C(C)(C)C)ccc1Oc1cc(Cl)ncc1C. The Morgan fingerprint density at radius 2 is 1.70 bits per heavy atom. The van der Waals surface area contributed by atoms with Gasteiger partial charge < -0.3 is 4.74 Å². The standard InChI is InChI=1S/C17H20ClNO/c1-11-8-13(17(3,4)5)6-7-14(11)20-15-9-16(18)19-10-12(15)2/h6-10H,1-5H3. The van der Waals surface area contributed by atoms with E-state index in [-0.39, 0.29) is 5.41 Å². The summed E-state index contributed by atoms with van der Waals surface area (Å²) < 4.78 is 5.96.